The van der Waals surface area contributed by atoms with Gasteiger partial charge in [0.05, 0.1) is 0 Å². The molecular weight excluding hydrogens is 244 g/mol. The van der Waals surface area contributed by atoms with E-state index in [1.807, 2.05) is 0 Å². The van der Waals surface area contributed by atoms with Crippen LogP contribution in [0.15, 0.2) is 24.3 Å². The molecule has 1 N–H and O–H groups in total. The first-order valence-corrected chi connectivity index (χ1v) is 8.46. The average Bonchev–Trinajstić information content (AvgIpc) is 3.33. The highest BCUT2D eigenvalue weighted by atomic mass is 15.1. The fourth-order valence-corrected chi connectivity index (χ4v) is 3.13. The quantitative estimate of drug-likeness (QED) is 0.756. The number of hydrogen-bond acceptors (Lipinski definition) is 2. The van der Waals surface area contributed by atoms with Gasteiger partial charge in [-0.25, -0.2) is 0 Å². The molecule has 1 aliphatic heterocycles. The summed E-state index contributed by atoms with van der Waals surface area (Å²) in [6.45, 7) is 4.66. The van der Waals surface area contributed by atoms with Crippen molar-refractivity contribution in [3.05, 3.63) is 29.8 Å². The summed E-state index contributed by atoms with van der Waals surface area (Å²) in [5, 5.41) is 3.57. The summed E-state index contributed by atoms with van der Waals surface area (Å²) in [4.78, 5) is 2.52. The third kappa shape index (κ3) is 4.24. The van der Waals surface area contributed by atoms with Crippen LogP contribution in [-0.2, 0) is 6.54 Å². The largest absolute Gasteiger partial charge is 0.372 e. The van der Waals surface area contributed by atoms with Crippen LogP contribution in [0.2, 0.25) is 0 Å². The van der Waals surface area contributed by atoms with Crippen LogP contribution in [-0.4, -0.2) is 19.6 Å². The van der Waals surface area contributed by atoms with E-state index >= 15 is 0 Å². The third-order valence-corrected chi connectivity index (χ3v) is 4.65. The first-order chi connectivity index (χ1) is 9.92. The van der Waals surface area contributed by atoms with Gasteiger partial charge in [0.15, 0.2) is 0 Å². The summed E-state index contributed by atoms with van der Waals surface area (Å²) in [5.74, 6) is 1.07. The molecule has 1 aliphatic carbocycles. The molecule has 0 amide bonds. The van der Waals surface area contributed by atoms with Gasteiger partial charge in [-0.05, 0) is 62.3 Å². The molecule has 1 saturated heterocycles. The zero-order valence-corrected chi connectivity index (χ0v) is 12.6. The Hall–Kier alpha value is -1.02. The molecule has 20 heavy (non-hydrogen) atoms. The molecule has 2 aliphatic rings. The van der Waals surface area contributed by atoms with E-state index in [9.17, 15) is 0 Å². The molecule has 2 fully saturated rings. The van der Waals surface area contributed by atoms with Gasteiger partial charge < -0.3 is 10.2 Å². The van der Waals surface area contributed by atoms with E-state index < -0.39 is 0 Å². The second-order valence-corrected chi connectivity index (χ2v) is 6.48. The maximum Gasteiger partial charge on any atom is 0.0366 e. The van der Waals surface area contributed by atoms with Crippen LogP contribution < -0.4 is 10.2 Å². The third-order valence-electron chi connectivity index (χ3n) is 4.65. The highest BCUT2D eigenvalue weighted by Crippen LogP contribution is 2.33. The van der Waals surface area contributed by atoms with Crippen LogP contribution in [0, 0.1) is 5.92 Å². The molecule has 0 aromatic heterocycles. The van der Waals surface area contributed by atoms with Gasteiger partial charge in [0.1, 0.15) is 0 Å². The van der Waals surface area contributed by atoms with E-state index in [0.717, 1.165) is 12.5 Å². The summed E-state index contributed by atoms with van der Waals surface area (Å²) in [5.41, 5.74) is 2.82. The number of nitrogens with one attached hydrogen (secondary N) is 1. The summed E-state index contributed by atoms with van der Waals surface area (Å²) in [6.07, 6.45) is 9.85. The van der Waals surface area contributed by atoms with Gasteiger partial charge in [-0.3, -0.25) is 0 Å². The highest BCUT2D eigenvalue weighted by Gasteiger charge is 2.19. The smallest absolute Gasteiger partial charge is 0.0366 e. The van der Waals surface area contributed by atoms with E-state index in [1.54, 1.807) is 0 Å². The predicted molar refractivity (Wildman–Crippen MR) is 86.2 cm³/mol. The SMILES string of the molecule is c1cc(N2CCCCC2)ccc1CNCCCC1CC1. The van der Waals surface area contributed by atoms with E-state index in [2.05, 4.69) is 34.5 Å². The van der Waals surface area contributed by atoms with Crippen molar-refractivity contribution in [3.8, 4) is 0 Å². The fraction of sp³-hybridized carbons (Fsp3) is 0.667. The molecule has 0 radical (unpaired) electrons. The van der Waals surface area contributed by atoms with E-state index in [-0.39, 0.29) is 0 Å². The Morgan fingerprint density at radius 1 is 1.00 bits per heavy atom. The van der Waals surface area contributed by atoms with Crippen LogP contribution in [0.3, 0.4) is 0 Å². The molecule has 0 spiro atoms. The molecule has 1 saturated carbocycles. The van der Waals surface area contributed by atoms with Crippen molar-refractivity contribution in [2.45, 2.75) is 51.5 Å². The molecular formula is C18H28N2. The lowest BCUT2D eigenvalue weighted by Gasteiger charge is -2.28. The van der Waals surface area contributed by atoms with Gasteiger partial charge in [-0.1, -0.05) is 25.0 Å². The summed E-state index contributed by atoms with van der Waals surface area (Å²) < 4.78 is 0. The lowest BCUT2D eigenvalue weighted by molar-refractivity contribution is 0.577. The zero-order valence-electron chi connectivity index (χ0n) is 12.6. The number of piperidine rings is 1. The Morgan fingerprint density at radius 3 is 2.45 bits per heavy atom. The zero-order chi connectivity index (χ0) is 13.6. The summed E-state index contributed by atoms with van der Waals surface area (Å²) in [6, 6.07) is 9.18. The van der Waals surface area contributed by atoms with Crippen LogP contribution in [0.4, 0.5) is 5.69 Å². The summed E-state index contributed by atoms with van der Waals surface area (Å²) >= 11 is 0. The van der Waals surface area contributed by atoms with Crippen LogP contribution in [0.25, 0.3) is 0 Å². The second kappa shape index (κ2) is 7.12. The van der Waals surface area contributed by atoms with Crippen molar-refractivity contribution in [3.63, 3.8) is 0 Å². The number of benzene rings is 1. The molecule has 110 valence electrons. The minimum atomic E-state index is 1.02. The Labute approximate surface area is 123 Å². The first kappa shape index (κ1) is 13.9. The number of anilines is 1. The van der Waals surface area contributed by atoms with Crippen molar-refractivity contribution >= 4 is 5.69 Å². The van der Waals surface area contributed by atoms with E-state index in [1.165, 1.54) is 75.8 Å². The lowest BCUT2D eigenvalue weighted by Crippen LogP contribution is -2.29. The average molecular weight is 272 g/mol. The van der Waals surface area contributed by atoms with Crippen molar-refractivity contribution < 1.29 is 0 Å². The molecule has 1 aromatic rings. The Kier molecular flexibility index (Phi) is 4.96. The molecule has 2 nitrogen and oxygen atoms in total. The summed E-state index contributed by atoms with van der Waals surface area (Å²) in [7, 11) is 0. The number of rotatable bonds is 7. The Balaban J connectivity index is 1.38. The van der Waals surface area contributed by atoms with Gasteiger partial charge in [0.25, 0.3) is 0 Å². The predicted octanol–water partition coefficient (Wildman–Crippen LogP) is 3.96. The molecule has 0 atom stereocenters. The van der Waals surface area contributed by atoms with Crippen molar-refractivity contribution in [1.82, 2.24) is 5.32 Å². The molecule has 1 aromatic carbocycles. The minimum Gasteiger partial charge on any atom is -0.372 e. The van der Waals surface area contributed by atoms with Gasteiger partial charge >= 0.3 is 0 Å². The molecule has 1 heterocycles. The van der Waals surface area contributed by atoms with Gasteiger partial charge in [0, 0.05) is 25.3 Å². The Bertz CT molecular complexity index is 388. The highest BCUT2D eigenvalue weighted by molar-refractivity contribution is 5.47. The number of nitrogens with zero attached hydrogens (tertiary/aromatic N) is 1. The van der Waals surface area contributed by atoms with E-state index in [4.69, 9.17) is 0 Å². The second-order valence-electron chi connectivity index (χ2n) is 6.48. The molecule has 0 unspecified atom stereocenters. The van der Waals surface area contributed by atoms with Crippen molar-refractivity contribution in [2.24, 2.45) is 5.92 Å². The monoisotopic (exact) mass is 272 g/mol. The van der Waals surface area contributed by atoms with Crippen LogP contribution >= 0.6 is 0 Å². The Morgan fingerprint density at radius 2 is 1.75 bits per heavy atom. The van der Waals surface area contributed by atoms with Gasteiger partial charge in [-0.2, -0.15) is 0 Å². The molecule has 0 bridgehead atoms. The van der Waals surface area contributed by atoms with Crippen LogP contribution in [0.1, 0.15) is 50.5 Å². The topological polar surface area (TPSA) is 15.3 Å². The van der Waals surface area contributed by atoms with E-state index in [0.29, 0.717) is 0 Å². The minimum absolute atomic E-state index is 1.02. The maximum absolute atomic E-state index is 3.57. The lowest BCUT2D eigenvalue weighted by atomic mass is 10.1. The standard InChI is InChI=1S/C18H28N2/c1-2-13-20(14-3-1)18-10-8-17(9-11-18)15-19-12-4-5-16-6-7-16/h8-11,16,19H,1-7,12-15H2. The normalized spacial score (nSPS) is 19.3. The van der Waals surface area contributed by atoms with Crippen molar-refractivity contribution in [2.75, 3.05) is 24.5 Å². The fourth-order valence-electron chi connectivity index (χ4n) is 3.13. The van der Waals surface area contributed by atoms with Crippen molar-refractivity contribution in [1.29, 1.82) is 0 Å². The van der Waals surface area contributed by atoms with Crippen LogP contribution in [0.5, 0.6) is 0 Å². The first-order valence-electron chi connectivity index (χ1n) is 8.46. The van der Waals surface area contributed by atoms with Gasteiger partial charge in [0.2, 0.25) is 0 Å². The van der Waals surface area contributed by atoms with Gasteiger partial charge in [-0.15, -0.1) is 0 Å². The molecule has 3 rings (SSSR count). The molecule has 2 heteroatoms. The maximum atomic E-state index is 3.57. The number of hydrogen-bond donors (Lipinski definition) is 1.